The standard InChI is InChI=1S/C22H32F3N3O2/c1-17(27-10-4-2-3-5-11-27)21(29)26-16-20(28-12-14-30-15-13-28)18-6-8-19(9-7-18)22(23,24)25/h6-9,17,20H,2-5,10-16H2,1H3,(H,26,29). The van der Waals surface area contributed by atoms with Crippen LogP contribution in [0.4, 0.5) is 13.2 Å². The van der Waals surface area contributed by atoms with Gasteiger partial charge in [0.25, 0.3) is 0 Å². The van der Waals surface area contributed by atoms with Crippen molar-refractivity contribution in [2.24, 2.45) is 0 Å². The van der Waals surface area contributed by atoms with Crippen LogP contribution in [0.3, 0.4) is 0 Å². The molecule has 0 radical (unpaired) electrons. The maximum absolute atomic E-state index is 12.9. The fourth-order valence-electron chi connectivity index (χ4n) is 4.23. The highest BCUT2D eigenvalue weighted by Crippen LogP contribution is 2.31. The number of ether oxygens (including phenoxy) is 1. The van der Waals surface area contributed by atoms with Crippen LogP contribution in [0.1, 0.15) is 49.8 Å². The number of carbonyl (C=O) groups is 1. The van der Waals surface area contributed by atoms with Gasteiger partial charge in [0.1, 0.15) is 0 Å². The number of hydrogen-bond donors (Lipinski definition) is 1. The minimum atomic E-state index is -4.36. The Bertz CT molecular complexity index is 667. The molecule has 3 rings (SSSR count). The van der Waals surface area contributed by atoms with Gasteiger partial charge in [0.05, 0.1) is 30.9 Å². The Balaban J connectivity index is 1.67. The second kappa shape index (κ2) is 10.6. The van der Waals surface area contributed by atoms with E-state index >= 15 is 0 Å². The molecule has 1 N–H and O–H groups in total. The molecule has 0 saturated carbocycles. The summed E-state index contributed by atoms with van der Waals surface area (Å²) in [5.74, 6) is -0.0259. The first kappa shape index (κ1) is 23.0. The number of halogens is 3. The molecule has 0 aromatic heterocycles. The van der Waals surface area contributed by atoms with Crippen molar-refractivity contribution in [2.75, 3.05) is 45.9 Å². The maximum atomic E-state index is 12.9. The fourth-order valence-corrected chi connectivity index (χ4v) is 4.23. The Hall–Kier alpha value is -1.64. The second-order valence-corrected chi connectivity index (χ2v) is 8.16. The fraction of sp³-hybridized carbons (Fsp3) is 0.682. The van der Waals surface area contributed by atoms with Crippen molar-refractivity contribution in [1.82, 2.24) is 15.1 Å². The van der Waals surface area contributed by atoms with E-state index in [0.717, 1.165) is 43.6 Å². The molecule has 30 heavy (non-hydrogen) atoms. The Morgan fingerprint density at radius 3 is 2.17 bits per heavy atom. The smallest absolute Gasteiger partial charge is 0.379 e. The van der Waals surface area contributed by atoms with Crippen LogP contribution >= 0.6 is 0 Å². The quantitative estimate of drug-likeness (QED) is 0.755. The Morgan fingerprint density at radius 1 is 1.00 bits per heavy atom. The van der Waals surface area contributed by atoms with Gasteiger partial charge in [-0.1, -0.05) is 25.0 Å². The predicted octanol–water partition coefficient (Wildman–Crippen LogP) is 3.46. The number of alkyl halides is 3. The van der Waals surface area contributed by atoms with E-state index in [0.29, 0.717) is 32.8 Å². The normalized spacial score (nSPS) is 21.6. The van der Waals surface area contributed by atoms with Crippen molar-refractivity contribution >= 4 is 5.91 Å². The molecule has 168 valence electrons. The Morgan fingerprint density at radius 2 is 1.60 bits per heavy atom. The maximum Gasteiger partial charge on any atom is 0.416 e. The molecular weight excluding hydrogens is 395 g/mol. The molecule has 1 aromatic rings. The van der Waals surface area contributed by atoms with E-state index in [9.17, 15) is 18.0 Å². The Kier molecular flexibility index (Phi) is 8.13. The van der Waals surface area contributed by atoms with Gasteiger partial charge < -0.3 is 10.1 Å². The summed E-state index contributed by atoms with van der Waals surface area (Å²) in [6.07, 6.45) is 0.276. The molecule has 2 saturated heterocycles. The number of nitrogens with zero attached hydrogens (tertiary/aromatic N) is 2. The second-order valence-electron chi connectivity index (χ2n) is 8.16. The first-order valence-corrected chi connectivity index (χ1v) is 10.9. The van der Waals surface area contributed by atoms with Gasteiger partial charge in [-0.25, -0.2) is 0 Å². The number of amides is 1. The van der Waals surface area contributed by atoms with Crippen LogP contribution < -0.4 is 5.32 Å². The van der Waals surface area contributed by atoms with E-state index in [-0.39, 0.29) is 18.0 Å². The highest BCUT2D eigenvalue weighted by molar-refractivity contribution is 5.81. The minimum absolute atomic E-state index is 0.0259. The molecule has 2 unspecified atom stereocenters. The van der Waals surface area contributed by atoms with Crippen LogP contribution in [0.25, 0.3) is 0 Å². The number of likely N-dealkylation sites (tertiary alicyclic amines) is 1. The number of hydrogen-bond acceptors (Lipinski definition) is 4. The van der Waals surface area contributed by atoms with Crippen LogP contribution in [0.15, 0.2) is 24.3 Å². The number of nitrogens with one attached hydrogen (secondary N) is 1. The first-order valence-electron chi connectivity index (χ1n) is 10.9. The van der Waals surface area contributed by atoms with Crippen LogP contribution in [0, 0.1) is 0 Å². The van der Waals surface area contributed by atoms with Gasteiger partial charge in [0.15, 0.2) is 0 Å². The van der Waals surface area contributed by atoms with Gasteiger partial charge >= 0.3 is 6.18 Å². The van der Waals surface area contributed by atoms with E-state index < -0.39 is 11.7 Å². The molecule has 0 aliphatic carbocycles. The van der Waals surface area contributed by atoms with Crippen molar-refractivity contribution < 1.29 is 22.7 Å². The zero-order chi connectivity index (χ0) is 21.6. The van der Waals surface area contributed by atoms with Gasteiger partial charge in [-0.15, -0.1) is 0 Å². The minimum Gasteiger partial charge on any atom is -0.379 e. The van der Waals surface area contributed by atoms with Gasteiger partial charge in [-0.05, 0) is 50.6 Å². The predicted molar refractivity (Wildman–Crippen MR) is 109 cm³/mol. The highest BCUT2D eigenvalue weighted by atomic mass is 19.4. The van der Waals surface area contributed by atoms with Crippen molar-refractivity contribution in [1.29, 1.82) is 0 Å². The van der Waals surface area contributed by atoms with Crippen LogP contribution in [0.2, 0.25) is 0 Å². The third-order valence-electron chi connectivity index (χ3n) is 6.15. The summed E-state index contributed by atoms with van der Waals surface area (Å²) in [6, 6.07) is 4.88. The molecule has 8 heteroatoms. The van der Waals surface area contributed by atoms with Crippen LogP contribution in [0.5, 0.6) is 0 Å². The van der Waals surface area contributed by atoms with Crippen molar-refractivity contribution in [3.05, 3.63) is 35.4 Å². The number of benzene rings is 1. The summed E-state index contributed by atoms with van der Waals surface area (Å²) in [6.45, 7) is 6.68. The van der Waals surface area contributed by atoms with Crippen molar-refractivity contribution in [3.63, 3.8) is 0 Å². The molecule has 2 aliphatic heterocycles. The van der Waals surface area contributed by atoms with Gasteiger partial charge in [0.2, 0.25) is 5.91 Å². The average molecular weight is 428 g/mol. The van der Waals surface area contributed by atoms with E-state index in [2.05, 4.69) is 15.1 Å². The largest absolute Gasteiger partial charge is 0.416 e. The van der Waals surface area contributed by atoms with E-state index in [1.165, 1.54) is 25.0 Å². The SMILES string of the molecule is CC(C(=O)NCC(c1ccc(C(F)(F)F)cc1)N1CCOCC1)N1CCCCCC1. The van der Waals surface area contributed by atoms with Crippen molar-refractivity contribution in [2.45, 2.75) is 50.9 Å². The van der Waals surface area contributed by atoms with Gasteiger partial charge in [-0.3, -0.25) is 14.6 Å². The van der Waals surface area contributed by atoms with Crippen molar-refractivity contribution in [3.8, 4) is 0 Å². The lowest BCUT2D eigenvalue weighted by molar-refractivity contribution is -0.137. The molecule has 1 aromatic carbocycles. The molecule has 2 heterocycles. The molecule has 2 fully saturated rings. The Labute approximate surface area is 176 Å². The lowest BCUT2D eigenvalue weighted by atomic mass is 10.0. The molecule has 2 aliphatic rings. The summed E-state index contributed by atoms with van der Waals surface area (Å²) < 4.78 is 44.2. The lowest BCUT2D eigenvalue weighted by Crippen LogP contribution is -2.49. The molecule has 2 atom stereocenters. The lowest BCUT2D eigenvalue weighted by Gasteiger charge is -2.35. The summed E-state index contributed by atoms with van der Waals surface area (Å²) in [5.41, 5.74) is 0.110. The molecule has 0 spiro atoms. The number of morpholine rings is 1. The van der Waals surface area contributed by atoms with E-state index in [1.54, 1.807) is 0 Å². The number of carbonyl (C=O) groups excluding carboxylic acids is 1. The zero-order valence-electron chi connectivity index (χ0n) is 17.6. The first-order chi connectivity index (χ1) is 14.4. The van der Waals surface area contributed by atoms with E-state index in [1.807, 2.05) is 6.92 Å². The zero-order valence-corrected chi connectivity index (χ0v) is 17.6. The summed E-state index contributed by atoms with van der Waals surface area (Å²) in [4.78, 5) is 17.2. The van der Waals surface area contributed by atoms with Crippen LogP contribution in [-0.4, -0.2) is 67.7 Å². The topological polar surface area (TPSA) is 44.8 Å². The summed E-state index contributed by atoms with van der Waals surface area (Å²) >= 11 is 0. The highest BCUT2D eigenvalue weighted by Gasteiger charge is 2.31. The number of rotatable bonds is 6. The summed E-state index contributed by atoms with van der Waals surface area (Å²) in [7, 11) is 0. The van der Waals surface area contributed by atoms with Crippen LogP contribution in [-0.2, 0) is 15.7 Å². The average Bonchev–Trinajstić information content (AvgIpc) is 3.03. The molecule has 0 bridgehead atoms. The van der Waals surface area contributed by atoms with Gasteiger partial charge in [-0.2, -0.15) is 13.2 Å². The van der Waals surface area contributed by atoms with Gasteiger partial charge in [0, 0.05) is 19.6 Å². The molecule has 5 nitrogen and oxygen atoms in total. The molecular formula is C22H32F3N3O2. The monoisotopic (exact) mass is 427 g/mol. The van der Waals surface area contributed by atoms with E-state index in [4.69, 9.17) is 4.74 Å². The third-order valence-corrected chi connectivity index (χ3v) is 6.15. The third kappa shape index (κ3) is 6.18. The molecule has 1 amide bonds. The summed E-state index contributed by atoms with van der Waals surface area (Å²) in [5, 5.41) is 3.06.